The molecule has 55 heavy (non-hydrogen) atoms. The number of pyridine rings is 1. The van der Waals surface area contributed by atoms with Crippen molar-refractivity contribution in [3.63, 3.8) is 0 Å². The molecule has 4 aromatic rings. The first kappa shape index (κ1) is 40.5. The lowest BCUT2D eigenvalue weighted by molar-refractivity contribution is -0.153. The smallest absolute Gasteiger partial charge is 0.422 e. The highest BCUT2D eigenvalue weighted by Gasteiger charge is 2.49. The Hall–Kier alpha value is -4.13. The molecule has 2 saturated heterocycles. The number of aromatic nitrogens is 3. The first-order valence-electron chi connectivity index (χ1n) is 18.5. The Morgan fingerprint density at radius 1 is 1.00 bits per heavy atom. The summed E-state index contributed by atoms with van der Waals surface area (Å²) < 4.78 is 110. The van der Waals surface area contributed by atoms with Gasteiger partial charge in [0.15, 0.2) is 19.2 Å². The topological polar surface area (TPSA) is 78.8 Å². The van der Waals surface area contributed by atoms with Gasteiger partial charge >= 0.3 is 12.2 Å². The molecule has 2 fully saturated rings. The van der Waals surface area contributed by atoms with Crippen LogP contribution in [0.25, 0.3) is 32.9 Å². The van der Waals surface area contributed by atoms with E-state index in [9.17, 15) is 17.6 Å². The molecular formula is C40H46F6N4O4Si. The summed E-state index contributed by atoms with van der Waals surface area (Å²) in [6.45, 7) is 11.8. The molecule has 2 aromatic heterocycles. The molecule has 6 rings (SSSR count). The standard InChI is InChI=1S/C40H46F6N4O4Si/c1-23(2)55(24(3)4,25(5)6)14-11-29-32(42)10-9-26-15-28(54-22-51-7)16-30(33(26)29)35-34(43)36-31(18-47-35)37(52-21-40(44,45)46)49-38(48-36)53-20-39-12-8-13-50(39)19-27(41)17-39/h9-10,15-16,18,23-25,27H,8,12-13,17,19-22H2,1-7H3/t27-,39+/m1/s1. The summed E-state index contributed by atoms with van der Waals surface area (Å²) in [6, 6.07) is 5.53. The number of hydrogen-bond donors (Lipinski definition) is 0. The van der Waals surface area contributed by atoms with Crippen LogP contribution in [-0.4, -0.2) is 86.0 Å². The number of benzene rings is 2. The average Bonchev–Trinajstić information content (AvgIpc) is 3.64. The van der Waals surface area contributed by atoms with Crippen LogP contribution in [0.3, 0.4) is 0 Å². The lowest BCUT2D eigenvalue weighted by atomic mass is 9.95. The third-order valence-electron chi connectivity index (χ3n) is 11.1. The summed E-state index contributed by atoms with van der Waals surface area (Å²) >= 11 is 0. The third-order valence-corrected chi connectivity index (χ3v) is 17.4. The number of methoxy groups -OCH3 is 1. The molecule has 0 spiro atoms. The van der Waals surface area contributed by atoms with Crippen molar-refractivity contribution in [1.29, 1.82) is 0 Å². The van der Waals surface area contributed by atoms with Crippen LogP contribution in [0, 0.1) is 23.1 Å². The quantitative estimate of drug-likeness (QED) is 0.0609. The molecule has 4 heterocycles. The molecule has 0 N–H and O–H groups in total. The third kappa shape index (κ3) is 7.95. The molecule has 0 radical (unpaired) electrons. The van der Waals surface area contributed by atoms with Crippen molar-refractivity contribution in [3.8, 4) is 40.4 Å². The molecule has 2 atom stereocenters. The van der Waals surface area contributed by atoms with Crippen molar-refractivity contribution >= 4 is 29.7 Å². The summed E-state index contributed by atoms with van der Waals surface area (Å²) in [5.74, 6) is 1.21. The van der Waals surface area contributed by atoms with Gasteiger partial charge in [-0.3, -0.25) is 9.88 Å². The number of halogens is 6. The highest BCUT2D eigenvalue weighted by atomic mass is 28.3. The van der Waals surface area contributed by atoms with E-state index in [-0.39, 0.29) is 76.3 Å². The molecule has 2 aliphatic heterocycles. The fourth-order valence-corrected chi connectivity index (χ4v) is 13.9. The van der Waals surface area contributed by atoms with E-state index in [1.807, 2.05) is 4.90 Å². The predicted octanol–water partition coefficient (Wildman–Crippen LogP) is 9.57. The van der Waals surface area contributed by atoms with Gasteiger partial charge in [0.1, 0.15) is 43.6 Å². The number of ether oxygens (including phenoxy) is 4. The van der Waals surface area contributed by atoms with Crippen molar-refractivity contribution in [2.24, 2.45) is 0 Å². The van der Waals surface area contributed by atoms with Gasteiger partial charge in [-0.15, -0.1) is 5.54 Å². The molecule has 2 aromatic carbocycles. The Kier molecular flexibility index (Phi) is 11.6. The molecule has 2 aliphatic rings. The fourth-order valence-electron chi connectivity index (χ4n) is 8.71. The maximum atomic E-state index is 17.1. The van der Waals surface area contributed by atoms with Gasteiger partial charge in [0.05, 0.1) is 16.5 Å². The minimum absolute atomic E-state index is 0.0509. The van der Waals surface area contributed by atoms with Crippen molar-refractivity contribution in [1.82, 2.24) is 19.9 Å². The monoisotopic (exact) mass is 788 g/mol. The second kappa shape index (κ2) is 15.8. The van der Waals surface area contributed by atoms with E-state index in [1.54, 1.807) is 6.07 Å². The van der Waals surface area contributed by atoms with Gasteiger partial charge < -0.3 is 18.9 Å². The lowest BCUT2D eigenvalue weighted by Gasteiger charge is -2.38. The Morgan fingerprint density at radius 3 is 2.40 bits per heavy atom. The summed E-state index contributed by atoms with van der Waals surface area (Å²) in [7, 11) is -0.926. The van der Waals surface area contributed by atoms with Gasteiger partial charge in [-0.05, 0) is 59.6 Å². The second-order valence-electron chi connectivity index (χ2n) is 15.5. The SMILES string of the molecule is COCOc1cc(-c2ncc3c(OCC(F)(F)F)nc(OC[C@@]45CCCN4C[C@H](F)C5)nc3c2F)c2c(C#C[Si](C(C)C)(C(C)C)C(C)C)c(F)ccc2c1. The van der Waals surface area contributed by atoms with E-state index in [0.29, 0.717) is 18.4 Å². The van der Waals surface area contributed by atoms with Crippen LogP contribution < -0.4 is 14.2 Å². The first-order valence-corrected chi connectivity index (χ1v) is 20.7. The minimum atomic E-state index is -4.74. The number of rotatable bonds is 12. The molecule has 0 bridgehead atoms. The summed E-state index contributed by atoms with van der Waals surface area (Å²) in [4.78, 5) is 14.7. The molecule has 296 valence electrons. The normalized spacial score (nSPS) is 19.1. The van der Waals surface area contributed by atoms with Crippen LogP contribution in [0.1, 0.15) is 66.4 Å². The van der Waals surface area contributed by atoms with Crippen LogP contribution in [0.4, 0.5) is 26.3 Å². The van der Waals surface area contributed by atoms with Crippen LogP contribution in [0.5, 0.6) is 17.6 Å². The Morgan fingerprint density at radius 2 is 1.73 bits per heavy atom. The Balaban J connectivity index is 1.56. The van der Waals surface area contributed by atoms with E-state index in [0.717, 1.165) is 12.6 Å². The molecule has 0 saturated carbocycles. The highest BCUT2D eigenvalue weighted by Crippen LogP contribution is 2.43. The molecule has 8 nitrogen and oxygen atoms in total. The van der Waals surface area contributed by atoms with E-state index in [4.69, 9.17) is 18.9 Å². The maximum Gasteiger partial charge on any atom is 0.422 e. The molecule has 0 unspecified atom stereocenters. The summed E-state index contributed by atoms with van der Waals surface area (Å²) in [6.07, 6.45) is -3.01. The summed E-state index contributed by atoms with van der Waals surface area (Å²) in [5.41, 5.74) is 3.10. The van der Waals surface area contributed by atoms with Gasteiger partial charge in [0.25, 0.3) is 0 Å². The fraction of sp³-hybridized carbons (Fsp3) is 0.525. The van der Waals surface area contributed by atoms with Gasteiger partial charge in [0, 0.05) is 37.2 Å². The van der Waals surface area contributed by atoms with Gasteiger partial charge in [0.2, 0.25) is 5.88 Å². The molecule has 0 aliphatic carbocycles. The lowest BCUT2D eigenvalue weighted by Crippen LogP contribution is -2.43. The maximum absolute atomic E-state index is 17.1. The zero-order chi connectivity index (χ0) is 39.9. The largest absolute Gasteiger partial charge is 0.468 e. The van der Waals surface area contributed by atoms with Crippen molar-refractivity contribution in [2.45, 2.75) is 95.3 Å². The summed E-state index contributed by atoms with van der Waals surface area (Å²) in [5, 5.41) is 0.501. The van der Waals surface area contributed by atoms with Gasteiger partial charge in [-0.25, -0.2) is 13.2 Å². The van der Waals surface area contributed by atoms with Crippen molar-refractivity contribution in [2.75, 3.05) is 40.2 Å². The van der Waals surface area contributed by atoms with Crippen LogP contribution in [0.2, 0.25) is 16.6 Å². The van der Waals surface area contributed by atoms with Crippen molar-refractivity contribution in [3.05, 3.63) is 47.7 Å². The van der Waals surface area contributed by atoms with Crippen LogP contribution in [-0.2, 0) is 4.74 Å². The molecule has 0 amide bonds. The minimum Gasteiger partial charge on any atom is -0.468 e. The average molecular weight is 789 g/mol. The van der Waals surface area contributed by atoms with Crippen LogP contribution in [0.15, 0.2) is 30.5 Å². The first-order chi connectivity index (χ1) is 26.0. The number of fused-ring (bicyclic) bond motifs is 3. The molecular weight excluding hydrogens is 743 g/mol. The van der Waals surface area contributed by atoms with Gasteiger partial charge in [-0.2, -0.15) is 23.1 Å². The zero-order valence-corrected chi connectivity index (χ0v) is 33.0. The number of nitrogens with zero attached hydrogens (tertiary/aromatic N) is 4. The van der Waals surface area contributed by atoms with Crippen LogP contribution >= 0.6 is 0 Å². The zero-order valence-electron chi connectivity index (χ0n) is 32.0. The Bertz CT molecular complexity index is 2100. The number of hydrogen-bond acceptors (Lipinski definition) is 8. The molecule has 15 heteroatoms. The predicted molar refractivity (Wildman–Crippen MR) is 201 cm³/mol. The van der Waals surface area contributed by atoms with Gasteiger partial charge in [-0.1, -0.05) is 53.5 Å². The van der Waals surface area contributed by atoms with E-state index < -0.39 is 61.6 Å². The number of alkyl halides is 4. The van der Waals surface area contributed by atoms with Crippen molar-refractivity contribution < 1.29 is 45.3 Å². The Labute approximate surface area is 317 Å². The van der Waals surface area contributed by atoms with E-state index in [2.05, 4.69) is 68.0 Å². The van der Waals surface area contributed by atoms with E-state index >= 15 is 8.78 Å². The van der Waals surface area contributed by atoms with E-state index in [1.165, 1.54) is 25.3 Å². The second-order valence-corrected chi connectivity index (χ2v) is 21.0. The highest BCUT2D eigenvalue weighted by molar-refractivity contribution is 6.90.